The molecular weight excluding hydrogens is 406 g/mol. The number of aromatic nitrogens is 1. The van der Waals surface area contributed by atoms with E-state index in [4.69, 9.17) is 9.47 Å². The monoisotopic (exact) mass is 431 g/mol. The Labute approximate surface area is 178 Å². The molecule has 1 aromatic carbocycles. The minimum absolute atomic E-state index is 0.0992. The number of carbonyl (C=O) groups excluding carboxylic acids is 2. The molecule has 0 saturated heterocycles. The Morgan fingerprint density at radius 2 is 1.77 bits per heavy atom. The molecule has 0 radical (unpaired) electrons. The van der Waals surface area contributed by atoms with E-state index in [2.05, 4.69) is 10.7 Å². The van der Waals surface area contributed by atoms with E-state index >= 15 is 0 Å². The minimum Gasteiger partial charge on any atom is -0.482 e. The molecule has 0 fully saturated rings. The number of hydrogen-bond donors (Lipinski definition) is 3. The SMILES string of the molecule is CCNC(=O)c1c(OCc2ccccc2)c(=O)c(C(=O)O)cn1NC(=O)OC(C)(C)C. The van der Waals surface area contributed by atoms with Crippen LogP contribution >= 0.6 is 0 Å². The molecule has 0 atom stereocenters. The number of benzene rings is 1. The zero-order valence-corrected chi connectivity index (χ0v) is 17.7. The first-order valence-electron chi connectivity index (χ1n) is 9.51. The van der Waals surface area contributed by atoms with Gasteiger partial charge in [-0.05, 0) is 33.3 Å². The van der Waals surface area contributed by atoms with Crippen LogP contribution in [0, 0.1) is 0 Å². The fourth-order valence-corrected chi connectivity index (χ4v) is 2.55. The zero-order chi connectivity index (χ0) is 23.2. The summed E-state index contributed by atoms with van der Waals surface area (Å²) in [5.74, 6) is -2.79. The molecule has 0 spiro atoms. The summed E-state index contributed by atoms with van der Waals surface area (Å²) in [5, 5.41) is 12.0. The van der Waals surface area contributed by atoms with E-state index < -0.39 is 40.3 Å². The Bertz CT molecular complexity index is 1020. The third-order valence-electron chi connectivity index (χ3n) is 3.78. The van der Waals surface area contributed by atoms with Crippen molar-refractivity contribution in [2.45, 2.75) is 39.9 Å². The van der Waals surface area contributed by atoms with Gasteiger partial charge in [-0.2, -0.15) is 0 Å². The molecule has 10 heteroatoms. The van der Waals surface area contributed by atoms with Gasteiger partial charge >= 0.3 is 12.1 Å². The van der Waals surface area contributed by atoms with E-state index in [1.807, 2.05) is 0 Å². The number of carboxylic acids is 1. The number of carbonyl (C=O) groups is 3. The Hall–Kier alpha value is -3.82. The lowest BCUT2D eigenvalue weighted by Gasteiger charge is -2.22. The lowest BCUT2D eigenvalue weighted by atomic mass is 10.2. The molecule has 3 N–H and O–H groups in total. The van der Waals surface area contributed by atoms with Crippen LogP contribution < -0.4 is 20.9 Å². The van der Waals surface area contributed by atoms with E-state index in [0.29, 0.717) is 5.56 Å². The van der Waals surface area contributed by atoms with Crippen molar-refractivity contribution in [3.63, 3.8) is 0 Å². The molecular formula is C21H25N3O7. The average molecular weight is 431 g/mol. The Balaban J connectivity index is 2.59. The normalized spacial score (nSPS) is 10.8. The maximum absolute atomic E-state index is 12.8. The number of pyridine rings is 1. The van der Waals surface area contributed by atoms with E-state index in [1.165, 1.54) is 0 Å². The van der Waals surface area contributed by atoms with Crippen LogP contribution in [0.2, 0.25) is 0 Å². The summed E-state index contributed by atoms with van der Waals surface area (Å²) >= 11 is 0. The van der Waals surface area contributed by atoms with Gasteiger partial charge in [-0.3, -0.25) is 9.59 Å². The number of nitrogens with zero attached hydrogens (tertiary/aromatic N) is 1. The molecule has 2 amide bonds. The molecule has 0 saturated carbocycles. The second-order valence-corrected chi connectivity index (χ2v) is 7.47. The molecule has 2 rings (SSSR count). The van der Waals surface area contributed by atoms with Crippen LogP contribution in [0.1, 0.15) is 54.1 Å². The van der Waals surface area contributed by atoms with Gasteiger partial charge in [0.25, 0.3) is 5.91 Å². The van der Waals surface area contributed by atoms with Crippen molar-refractivity contribution in [3.8, 4) is 5.75 Å². The molecule has 0 bridgehead atoms. The average Bonchev–Trinajstić information content (AvgIpc) is 2.67. The standard InChI is InChI=1S/C21H25N3O7/c1-5-22-18(26)15-17(30-12-13-9-7-6-8-10-13)16(25)14(19(27)28)11-24(15)23-20(29)31-21(2,3)4/h6-11H,5,12H2,1-4H3,(H,22,26)(H,23,29)(H,27,28). The molecule has 0 aliphatic heterocycles. The lowest BCUT2D eigenvalue weighted by Crippen LogP contribution is -2.38. The summed E-state index contributed by atoms with van der Waals surface area (Å²) in [6.07, 6.45) is -0.110. The fraction of sp³-hybridized carbons (Fsp3) is 0.333. The highest BCUT2D eigenvalue weighted by molar-refractivity contribution is 5.97. The van der Waals surface area contributed by atoms with Crippen LogP contribution in [0.5, 0.6) is 5.75 Å². The Morgan fingerprint density at radius 1 is 1.13 bits per heavy atom. The molecule has 1 aromatic heterocycles. The zero-order valence-electron chi connectivity index (χ0n) is 17.7. The molecule has 31 heavy (non-hydrogen) atoms. The number of ether oxygens (including phenoxy) is 2. The van der Waals surface area contributed by atoms with Gasteiger partial charge in [0, 0.05) is 12.7 Å². The van der Waals surface area contributed by atoms with Crippen LogP contribution in [0.25, 0.3) is 0 Å². The van der Waals surface area contributed by atoms with Gasteiger partial charge in [0.2, 0.25) is 5.43 Å². The van der Waals surface area contributed by atoms with Crippen molar-refractivity contribution in [2.24, 2.45) is 0 Å². The predicted molar refractivity (Wildman–Crippen MR) is 112 cm³/mol. The second-order valence-electron chi connectivity index (χ2n) is 7.47. The second kappa shape index (κ2) is 9.79. The number of hydrogen-bond acceptors (Lipinski definition) is 6. The highest BCUT2D eigenvalue weighted by Crippen LogP contribution is 2.17. The highest BCUT2D eigenvalue weighted by atomic mass is 16.6. The minimum atomic E-state index is -1.54. The molecule has 0 unspecified atom stereocenters. The molecule has 2 aromatic rings. The number of aromatic carboxylic acids is 1. The van der Waals surface area contributed by atoms with Crippen molar-refractivity contribution in [3.05, 3.63) is 63.6 Å². The Morgan fingerprint density at radius 3 is 2.32 bits per heavy atom. The van der Waals surface area contributed by atoms with E-state index in [9.17, 15) is 24.3 Å². The third kappa shape index (κ3) is 6.33. The van der Waals surface area contributed by atoms with Gasteiger partial charge in [-0.25, -0.2) is 19.7 Å². The summed E-state index contributed by atoms with van der Waals surface area (Å²) in [6, 6.07) is 8.81. The van der Waals surface area contributed by atoms with E-state index in [-0.39, 0.29) is 18.8 Å². The van der Waals surface area contributed by atoms with Crippen molar-refractivity contribution in [2.75, 3.05) is 12.0 Å². The van der Waals surface area contributed by atoms with Crippen LogP contribution in [0.4, 0.5) is 4.79 Å². The number of carboxylic acid groups (broad SMARTS) is 1. The summed E-state index contributed by atoms with van der Waals surface area (Å²) < 4.78 is 11.6. The topological polar surface area (TPSA) is 136 Å². The largest absolute Gasteiger partial charge is 0.482 e. The van der Waals surface area contributed by atoms with E-state index in [0.717, 1.165) is 10.9 Å². The summed E-state index contributed by atoms with van der Waals surface area (Å²) in [4.78, 5) is 49.4. The number of nitrogens with one attached hydrogen (secondary N) is 2. The van der Waals surface area contributed by atoms with E-state index in [1.54, 1.807) is 58.0 Å². The van der Waals surface area contributed by atoms with Crippen LogP contribution in [-0.4, -0.2) is 39.9 Å². The number of rotatable bonds is 7. The quantitative estimate of drug-likeness (QED) is 0.612. The van der Waals surface area contributed by atoms with Crippen LogP contribution in [0.15, 0.2) is 41.3 Å². The smallest absolute Gasteiger partial charge is 0.426 e. The lowest BCUT2D eigenvalue weighted by molar-refractivity contribution is 0.0607. The molecule has 0 aliphatic carbocycles. The van der Waals surface area contributed by atoms with Crippen molar-refractivity contribution in [1.29, 1.82) is 0 Å². The van der Waals surface area contributed by atoms with Gasteiger partial charge < -0.3 is 19.9 Å². The van der Waals surface area contributed by atoms with Gasteiger partial charge in [0.05, 0.1) is 0 Å². The van der Waals surface area contributed by atoms with Gasteiger partial charge in [0.1, 0.15) is 17.8 Å². The van der Waals surface area contributed by atoms with Gasteiger partial charge in [-0.15, -0.1) is 0 Å². The van der Waals surface area contributed by atoms with Gasteiger partial charge in [0.15, 0.2) is 11.4 Å². The maximum Gasteiger partial charge on any atom is 0.426 e. The number of amides is 2. The first-order chi connectivity index (χ1) is 14.5. The first kappa shape index (κ1) is 23.5. The third-order valence-corrected chi connectivity index (χ3v) is 3.78. The summed E-state index contributed by atoms with van der Waals surface area (Å²) in [5.41, 5.74) is 0.0770. The molecule has 10 nitrogen and oxygen atoms in total. The predicted octanol–water partition coefficient (Wildman–Crippen LogP) is 2.35. The summed E-state index contributed by atoms with van der Waals surface area (Å²) in [7, 11) is 0. The summed E-state index contributed by atoms with van der Waals surface area (Å²) in [6.45, 7) is 6.70. The Kier molecular flexibility index (Phi) is 7.41. The van der Waals surface area contributed by atoms with Crippen molar-refractivity contribution in [1.82, 2.24) is 9.99 Å². The molecule has 0 aliphatic rings. The highest BCUT2D eigenvalue weighted by Gasteiger charge is 2.27. The van der Waals surface area contributed by atoms with Crippen molar-refractivity contribution < 1.29 is 29.0 Å². The maximum atomic E-state index is 12.8. The first-order valence-corrected chi connectivity index (χ1v) is 9.51. The van der Waals surface area contributed by atoms with Crippen LogP contribution in [-0.2, 0) is 11.3 Å². The molecule has 166 valence electrons. The fourth-order valence-electron chi connectivity index (χ4n) is 2.55. The molecule has 1 heterocycles. The van der Waals surface area contributed by atoms with Crippen molar-refractivity contribution >= 4 is 18.0 Å². The van der Waals surface area contributed by atoms with Gasteiger partial charge in [-0.1, -0.05) is 30.3 Å². The van der Waals surface area contributed by atoms with Crippen LogP contribution in [0.3, 0.4) is 0 Å².